The smallest absolute Gasteiger partial charge is 0.224 e. The number of aliphatic hydroxyl groups excluding tert-OH is 1. The molecule has 184 valence electrons. The highest BCUT2D eigenvalue weighted by molar-refractivity contribution is 5.74. The number of pyridine rings is 1. The number of nitrogens with zero attached hydrogens (tertiary/aromatic N) is 4. The number of anilines is 1. The number of imidazole rings is 1. The van der Waals surface area contributed by atoms with Gasteiger partial charge < -0.3 is 19.6 Å². The van der Waals surface area contributed by atoms with E-state index in [-0.39, 0.29) is 12.6 Å². The highest BCUT2D eigenvalue weighted by Gasteiger charge is 2.32. The van der Waals surface area contributed by atoms with Crippen LogP contribution in [0.5, 0.6) is 5.75 Å². The number of para-hydroxylation sites is 1. The first-order chi connectivity index (χ1) is 17.1. The number of aromatic nitrogens is 3. The number of fused-ring (bicyclic) bond motifs is 1. The van der Waals surface area contributed by atoms with E-state index in [4.69, 9.17) is 14.1 Å². The van der Waals surface area contributed by atoms with Crippen molar-refractivity contribution in [2.24, 2.45) is 0 Å². The second-order valence-electron chi connectivity index (χ2n) is 9.47. The minimum Gasteiger partial charge on any atom is -0.464 e. The molecule has 2 N–H and O–H groups in total. The van der Waals surface area contributed by atoms with E-state index in [0.29, 0.717) is 19.8 Å². The van der Waals surface area contributed by atoms with Gasteiger partial charge in [-0.2, -0.15) is 0 Å². The quantitative estimate of drug-likeness (QED) is 0.352. The molecule has 0 radical (unpaired) electrons. The van der Waals surface area contributed by atoms with Gasteiger partial charge in [0.2, 0.25) is 12.7 Å². The van der Waals surface area contributed by atoms with Crippen molar-refractivity contribution in [3.05, 3.63) is 72.3 Å². The normalized spacial score (nSPS) is 20.6. The minimum absolute atomic E-state index is 0.153. The van der Waals surface area contributed by atoms with Gasteiger partial charge in [-0.05, 0) is 56.2 Å². The Kier molecular flexibility index (Phi) is 7.01. The molecule has 0 aliphatic carbocycles. The second-order valence-corrected chi connectivity index (χ2v) is 9.47. The highest BCUT2D eigenvalue weighted by Crippen LogP contribution is 2.25. The number of benzene rings is 1. The maximum absolute atomic E-state index is 9.82. The van der Waals surface area contributed by atoms with Crippen molar-refractivity contribution in [2.75, 3.05) is 38.3 Å². The van der Waals surface area contributed by atoms with E-state index in [1.807, 2.05) is 61.5 Å². The standard InChI is InChI=1S/C27H34N5O3/c1-21-11-12-24(35-21)19-31-26-25(10-5-14-28-26)30-27(31)29-22-7-6-15-32(16-13-22,17-18-33)20-34-23-8-3-2-4-9-23/h2-5,8-12,14,22,33H,6-7,13,15-20H2,1H3,(H,29,30)/q+1. The van der Waals surface area contributed by atoms with Crippen LogP contribution in [0.4, 0.5) is 5.95 Å². The number of likely N-dealkylation sites (tertiary alicyclic amines) is 1. The number of hydrogen-bond acceptors (Lipinski definition) is 6. The molecule has 1 fully saturated rings. The third-order valence-electron chi connectivity index (χ3n) is 6.91. The summed E-state index contributed by atoms with van der Waals surface area (Å²) in [6.07, 6.45) is 4.85. The fraction of sp³-hybridized carbons (Fsp3) is 0.407. The van der Waals surface area contributed by atoms with Crippen LogP contribution in [0.3, 0.4) is 0 Å². The van der Waals surface area contributed by atoms with E-state index in [9.17, 15) is 5.11 Å². The van der Waals surface area contributed by atoms with Gasteiger partial charge in [0, 0.05) is 18.7 Å². The lowest BCUT2D eigenvalue weighted by Gasteiger charge is -2.36. The fourth-order valence-corrected chi connectivity index (χ4v) is 4.99. The molecule has 4 aromatic rings. The summed E-state index contributed by atoms with van der Waals surface area (Å²) in [5, 5.41) is 13.5. The van der Waals surface area contributed by atoms with Crippen LogP contribution >= 0.6 is 0 Å². The van der Waals surface area contributed by atoms with Gasteiger partial charge in [-0.25, -0.2) is 9.97 Å². The molecule has 1 aliphatic rings. The van der Waals surface area contributed by atoms with Crippen molar-refractivity contribution in [3.63, 3.8) is 0 Å². The molecule has 35 heavy (non-hydrogen) atoms. The molecule has 0 bridgehead atoms. The van der Waals surface area contributed by atoms with Gasteiger partial charge in [-0.1, -0.05) is 18.2 Å². The number of ether oxygens (including phenoxy) is 1. The summed E-state index contributed by atoms with van der Waals surface area (Å²) in [4.78, 5) is 9.46. The van der Waals surface area contributed by atoms with Gasteiger partial charge in [-0.3, -0.25) is 9.05 Å². The Labute approximate surface area is 205 Å². The van der Waals surface area contributed by atoms with Crippen molar-refractivity contribution in [1.82, 2.24) is 14.5 Å². The molecule has 8 nitrogen and oxygen atoms in total. The van der Waals surface area contributed by atoms with Gasteiger partial charge >= 0.3 is 0 Å². The maximum atomic E-state index is 9.82. The van der Waals surface area contributed by atoms with E-state index < -0.39 is 0 Å². The summed E-state index contributed by atoms with van der Waals surface area (Å²) in [5.41, 5.74) is 1.72. The Morgan fingerprint density at radius 1 is 1.11 bits per heavy atom. The number of hydrogen-bond donors (Lipinski definition) is 2. The Hall–Kier alpha value is -3.36. The average Bonchev–Trinajstić information content (AvgIpc) is 3.37. The predicted molar refractivity (Wildman–Crippen MR) is 135 cm³/mol. The van der Waals surface area contributed by atoms with Crippen LogP contribution in [-0.2, 0) is 6.54 Å². The van der Waals surface area contributed by atoms with Crippen molar-refractivity contribution in [1.29, 1.82) is 0 Å². The molecule has 1 saturated heterocycles. The molecule has 8 heteroatoms. The van der Waals surface area contributed by atoms with E-state index >= 15 is 0 Å². The van der Waals surface area contributed by atoms with Gasteiger partial charge in [0.25, 0.3) is 0 Å². The fourth-order valence-electron chi connectivity index (χ4n) is 4.99. The topological polar surface area (TPSA) is 85.3 Å². The monoisotopic (exact) mass is 476 g/mol. The SMILES string of the molecule is Cc1ccc(Cn2c(NC3CCC[N+](CCO)(COc4ccccc4)CC3)nc3cccnc32)o1. The lowest BCUT2D eigenvalue weighted by molar-refractivity contribution is -0.941. The molecule has 3 aromatic heterocycles. The van der Waals surface area contributed by atoms with Crippen LogP contribution < -0.4 is 10.1 Å². The number of aryl methyl sites for hydroxylation is 1. The summed E-state index contributed by atoms with van der Waals surface area (Å²) in [5.74, 6) is 3.47. The Morgan fingerprint density at radius 2 is 2.00 bits per heavy atom. The third-order valence-corrected chi connectivity index (χ3v) is 6.91. The van der Waals surface area contributed by atoms with E-state index in [1.165, 1.54) is 0 Å². The van der Waals surface area contributed by atoms with Crippen LogP contribution in [0.2, 0.25) is 0 Å². The highest BCUT2D eigenvalue weighted by atomic mass is 16.5. The molecule has 4 heterocycles. The van der Waals surface area contributed by atoms with Crippen molar-refractivity contribution < 1.29 is 18.7 Å². The van der Waals surface area contributed by atoms with E-state index in [0.717, 1.165) is 71.2 Å². The van der Waals surface area contributed by atoms with E-state index in [1.54, 1.807) is 6.20 Å². The Balaban J connectivity index is 1.31. The van der Waals surface area contributed by atoms with Crippen LogP contribution in [0.1, 0.15) is 30.8 Å². The number of aliphatic hydroxyl groups is 1. The van der Waals surface area contributed by atoms with Crippen LogP contribution in [0, 0.1) is 6.92 Å². The minimum atomic E-state index is 0.153. The number of nitrogens with one attached hydrogen (secondary N) is 1. The molecular weight excluding hydrogens is 442 g/mol. The molecule has 0 saturated carbocycles. The summed E-state index contributed by atoms with van der Waals surface area (Å²) in [7, 11) is 0. The number of furan rings is 1. The lowest BCUT2D eigenvalue weighted by Crippen LogP contribution is -2.53. The maximum Gasteiger partial charge on any atom is 0.224 e. The summed E-state index contributed by atoms with van der Waals surface area (Å²) < 4.78 is 14.8. The Morgan fingerprint density at radius 3 is 2.80 bits per heavy atom. The first-order valence-electron chi connectivity index (χ1n) is 12.4. The molecule has 5 rings (SSSR count). The predicted octanol–water partition coefficient (Wildman–Crippen LogP) is 4.19. The molecule has 0 spiro atoms. The first kappa shape index (κ1) is 23.4. The number of quaternary nitrogens is 1. The molecule has 0 amide bonds. The first-order valence-corrected chi connectivity index (χ1v) is 12.4. The van der Waals surface area contributed by atoms with Crippen LogP contribution in [0.15, 0.2) is 65.2 Å². The van der Waals surface area contributed by atoms with Crippen LogP contribution in [-0.4, -0.2) is 63.1 Å². The van der Waals surface area contributed by atoms with Gasteiger partial charge in [0.05, 0.1) is 26.2 Å². The van der Waals surface area contributed by atoms with E-state index in [2.05, 4.69) is 14.9 Å². The molecule has 2 unspecified atom stereocenters. The van der Waals surface area contributed by atoms with Gasteiger partial charge in [0.15, 0.2) is 5.65 Å². The lowest BCUT2D eigenvalue weighted by atomic mass is 10.1. The molecule has 1 aliphatic heterocycles. The molecule has 2 atom stereocenters. The summed E-state index contributed by atoms with van der Waals surface area (Å²) in [6.45, 7) is 5.86. The van der Waals surface area contributed by atoms with Crippen molar-refractivity contribution >= 4 is 17.1 Å². The average molecular weight is 477 g/mol. The summed E-state index contributed by atoms with van der Waals surface area (Å²) >= 11 is 0. The van der Waals surface area contributed by atoms with Crippen molar-refractivity contribution in [2.45, 2.75) is 38.8 Å². The second kappa shape index (κ2) is 10.5. The third kappa shape index (κ3) is 5.49. The molecular formula is C27H34N5O3+. The largest absolute Gasteiger partial charge is 0.464 e. The zero-order valence-corrected chi connectivity index (χ0v) is 20.3. The number of rotatable bonds is 9. The zero-order chi connectivity index (χ0) is 24.1. The zero-order valence-electron chi connectivity index (χ0n) is 20.3. The van der Waals surface area contributed by atoms with Gasteiger partial charge in [0.1, 0.15) is 29.3 Å². The molecule has 1 aromatic carbocycles. The Bertz CT molecular complexity index is 1240. The summed E-state index contributed by atoms with van der Waals surface area (Å²) in [6, 6.07) is 18.1. The van der Waals surface area contributed by atoms with Gasteiger partial charge in [-0.15, -0.1) is 0 Å². The van der Waals surface area contributed by atoms with Crippen molar-refractivity contribution in [3.8, 4) is 5.75 Å². The van der Waals surface area contributed by atoms with Crippen LogP contribution in [0.25, 0.3) is 11.2 Å².